The van der Waals surface area contributed by atoms with Crippen molar-refractivity contribution in [1.29, 1.82) is 0 Å². The van der Waals surface area contributed by atoms with Crippen molar-refractivity contribution < 1.29 is 14.3 Å². The smallest absolute Gasteiger partial charge is 0.341 e. The predicted octanol–water partition coefficient (Wildman–Crippen LogP) is 4.96. The monoisotopic (exact) mass is 351 g/mol. The fraction of sp³-hybridized carbons (Fsp3) is 0.684. The maximum atomic E-state index is 12.4. The van der Waals surface area contributed by atoms with E-state index in [2.05, 4.69) is 19.2 Å². The molecule has 134 valence electrons. The van der Waals surface area contributed by atoms with Crippen LogP contribution in [0.3, 0.4) is 0 Å². The van der Waals surface area contributed by atoms with Crippen molar-refractivity contribution in [2.45, 2.75) is 72.1 Å². The molecule has 1 unspecified atom stereocenters. The number of amides is 1. The van der Waals surface area contributed by atoms with Gasteiger partial charge in [-0.3, -0.25) is 4.79 Å². The highest BCUT2D eigenvalue weighted by Crippen LogP contribution is 2.41. The van der Waals surface area contributed by atoms with E-state index in [0.29, 0.717) is 29.5 Å². The fourth-order valence-corrected chi connectivity index (χ4v) is 4.71. The van der Waals surface area contributed by atoms with Gasteiger partial charge in [0.2, 0.25) is 5.91 Å². The van der Waals surface area contributed by atoms with Crippen LogP contribution in [-0.2, 0) is 22.4 Å². The Labute approximate surface area is 149 Å². The Morgan fingerprint density at radius 3 is 2.71 bits per heavy atom. The van der Waals surface area contributed by atoms with Gasteiger partial charge in [0.15, 0.2) is 0 Å². The van der Waals surface area contributed by atoms with Gasteiger partial charge < -0.3 is 10.1 Å². The zero-order chi connectivity index (χ0) is 17.5. The van der Waals surface area contributed by atoms with Crippen LogP contribution < -0.4 is 5.32 Å². The van der Waals surface area contributed by atoms with Crippen molar-refractivity contribution in [3.8, 4) is 0 Å². The molecule has 4 nitrogen and oxygen atoms in total. The molecular weight excluding hydrogens is 322 g/mol. The molecule has 1 aliphatic carbocycles. The number of unbranched alkanes of at least 4 members (excludes halogenated alkanes) is 1. The van der Waals surface area contributed by atoms with Crippen LogP contribution in [0.2, 0.25) is 0 Å². The second kappa shape index (κ2) is 9.21. The molecule has 0 spiro atoms. The van der Waals surface area contributed by atoms with Gasteiger partial charge in [0.25, 0.3) is 0 Å². The summed E-state index contributed by atoms with van der Waals surface area (Å²) in [7, 11) is 0. The first-order chi connectivity index (χ1) is 11.6. The number of ether oxygens (including phenoxy) is 1. The number of anilines is 1. The van der Waals surface area contributed by atoms with E-state index in [0.717, 1.165) is 37.7 Å². The van der Waals surface area contributed by atoms with Crippen LogP contribution >= 0.6 is 11.3 Å². The Hall–Kier alpha value is -1.36. The largest absolute Gasteiger partial charge is 0.462 e. The Morgan fingerprint density at radius 2 is 2.04 bits per heavy atom. The number of esters is 1. The van der Waals surface area contributed by atoms with E-state index in [1.165, 1.54) is 17.7 Å². The lowest BCUT2D eigenvalue weighted by molar-refractivity contribution is -0.116. The lowest BCUT2D eigenvalue weighted by Gasteiger charge is -2.21. The minimum atomic E-state index is -0.297. The topological polar surface area (TPSA) is 55.4 Å². The molecule has 1 amide bonds. The van der Waals surface area contributed by atoms with E-state index in [-0.39, 0.29) is 11.9 Å². The Morgan fingerprint density at radius 1 is 1.25 bits per heavy atom. The van der Waals surface area contributed by atoms with E-state index < -0.39 is 0 Å². The number of nitrogens with one attached hydrogen (secondary N) is 1. The molecule has 1 aromatic rings. The molecule has 0 saturated heterocycles. The maximum absolute atomic E-state index is 12.4. The molecule has 1 aromatic heterocycles. The van der Waals surface area contributed by atoms with Crippen LogP contribution in [-0.4, -0.2) is 18.5 Å². The number of hydrogen-bond donors (Lipinski definition) is 1. The van der Waals surface area contributed by atoms with Crippen LogP contribution in [0.15, 0.2) is 0 Å². The van der Waals surface area contributed by atoms with Gasteiger partial charge in [-0.15, -0.1) is 11.3 Å². The van der Waals surface area contributed by atoms with E-state index in [9.17, 15) is 9.59 Å². The van der Waals surface area contributed by atoms with Gasteiger partial charge in [-0.25, -0.2) is 4.79 Å². The molecule has 2 rings (SSSR count). The van der Waals surface area contributed by atoms with Gasteiger partial charge in [-0.05, 0) is 44.1 Å². The molecule has 0 radical (unpaired) electrons. The molecule has 1 atom stereocenters. The predicted molar refractivity (Wildman–Crippen MR) is 98.9 cm³/mol. The van der Waals surface area contributed by atoms with Gasteiger partial charge in [0, 0.05) is 11.3 Å². The van der Waals surface area contributed by atoms with Crippen molar-refractivity contribution in [3.05, 3.63) is 16.0 Å². The van der Waals surface area contributed by atoms with Gasteiger partial charge in [0.05, 0.1) is 12.2 Å². The summed E-state index contributed by atoms with van der Waals surface area (Å²) in [6.07, 6.45) is 7.82. The third-order valence-corrected chi connectivity index (χ3v) is 5.72. The molecule has 5 heteroatoms. The average Bonchev–Trinajstić information content (AvgIpc) is 2.90. The number of hydrogen-bond acceptors (Lipinski definition) is 4. The van der Waals surface area contributed by atoms with Crippen molar-refractivity contribution in [3.63, 3.8) is 0 Å². The van der Waals surface area contributed by atoms with Crippen molar-refractivity contribution in [2.24, 2.45) is 5.92 Å². The molecule has 0 aliphatic heterocycles. The Bertz CT molecular complexity index is 579. The number of fused-ring (bicyclic) bond motifs is 1. The summed E-state index contributed by atoms with van der Waals surface area (Å²) in [6, 6.07) is 0. The SMILES string of the molecule is CCCCC(=O)Nc1sc2c(c1C(=O)OCC)CCC(CCC)C2. The molecular formula is C19H29NO3S. The first kappa shape index (κ1) is 19.0. The van der Waals surface area contributed by atoms with Gasteiger partial charge in [-0.1, -0.05) is 33.1 Å². The first-order valence-electron chi connectivity index (χ1n) is 9.22. The standard InChI is InChI=1S/C19H29NO3S/c1-4-7-9-16(21)20-18-17(19(22)23-6-3)14-11-10-13(8-5-2)12-15(14)24-18/h13H,4-12H2,1-3H3,(H,20,21). The van der Waals surface area contributed by atoms with Crippen LogP contribution in [0.25, 0.3) is 0 Å². The van der Waals surface area contributed by atoms with Gasteiger partial charge in [-0.2, -0.15) is 0 Å². The third kappa shape index (κ3) is 4.59. The highest BCUT2D eigenvalue weighted by molar-refractivity contribution is 7.17. The van der Waals surface area contributed by atoms with E-state index in [1.54, 1.807) is 11.3 Å². The average molecular weight is 352 g/mol. The molecule has 0 aromatic carbocycles. The quantitative estimate of drug-likeness (QED) is 0.674. The molecule has 0 bridgehead atoms. The lowest BCUT2D eigenvalue weighted by atomic mass is 9.84. The first-order valence-corrected chi connectivity index (χ1v) is 10.0. The Kier molecular flexibility index (Phi) is 7.28. The maximum Gasteiger partial charge on any atom is 0.341 e. The minimum absolute atomic E-state index is 0.00824. The van der Waals surface area contributed by atoms with Crippen molar-refractivity contribution in [2.75, 3.05) is 11.9 Å². The summed E-state index contributed by atoms with van der Waals surface area (Å²) in [4.78, 5) is 25.8. The lowest BCUT2D eigenvalue weighted by Crippen LogP contribution is -2.17. The molecule has 1 aliphatic rings. The molecule has 0 fully saturated rings. The summed E-state index contributed by atoms with van der Waals surface area (Å²) >= 11 is 1.57. The summed E-state index contributed by atoms with van der Waals surface area (Å²) in [5.41, 5.74) is 1.72. The van der Waals surface area contributed by atoms with E-state index in [4.69, 9.17) is 4.74 Å². The van der Waals surface area contributed by atoms with Crippen molar-refractivity contribution >= 4 is 28.2 Å². The Balaban J connectivity index is 2.25. The van der Waals surface area contributed by atoms with Gasteiger partial charge in [0.1, 0.15) is 5.00 Å². The summed E-state index contributed by atoms with van der Waals surface area (Å²) in [6.45, 7) is 6.45. The molecule has 24 heavy (non-hydrogen) atoms. The number of carbonyl (C=O) groups excluding carboxylic acids is 2. The molecule has 1 heterocycles. The third-order valence-electron chi connectivity index (χ3n) is 4.55. The highest BCUT2D eigenvalue weighted by Gasteiger charge is 2.29. The second-order valence-electron chi connectivity index (χ2n) is 6.48. The molecule has 1 N–H and O–H groups in total. The summed E-state index contributed by atoms with van der Waals surface area (Å²) in [5.74, 6) is 0.390. The fourth-order valence-electron chi connectivity index (χ4n) is 3.34. The highest BCUT2D eigenvalue weighted by atomic mass is 32.1. The van der Waals surface area contributed by atoms with Crippen LogP contribution in [0.5, 0.6) is 0 Å². The summed E-state index contributed by atoms with van der Waals surface area (Å²) in [5, 5.41) is 3.66. The zero-order valence-electron chi connectivity index (χ0n) is 15.1. The van der Waals surface area contributed by atoms with Gasteiger partial charge >= 0.3 is 5.97 Å². The summed E-state index contributed by atoms with van der Waals surface area (Å²) < 4.78 is 5.25. The number of rotatable bonds is 8. The number of thiophene rings is 1. The molecule has 0 saturated carbocycles. The van der Waals surface area contributed by atoms with Crippen LogP contribution in [0.1, 0.15) is 80.1 Å². The number of carbonyl (C=O) groups is 2. The van der Waals surface area contributed by atoms with Crippen LogP contribution in [0.4, 0.5) is 5.00 Å². The zero-order valence-corrected chi connectivity index (χ0v) is 15.9. The van der Waals surface area contributed by atoms with Crippen molar-refractivity contribution in [1.82, 2.24) is 0 Å². The van der Waals surface area contributed by atoms with Crippen LogP contribution in [0, 0.1) is 5.92 Å². The second-order valence-corrected chi connectivity index (χ2v) is 7.58. The minimum Gasteiger partial charge on any atom is -0.462 e. The normalized spacial score (nSPS) is 16.5. The van der Waals surface area contributed by atoms with E-state index >= 15 is 0 Å². The van der Waals surface area contributed by atoms with E-state index in [1.807, 2.05) is 6.92 Å².